The van der Waals surface area contributed by atoms with Crippen LogP contribution >= 0.6 is 0 Å². The van der Waals surface area contributed by atoms with E-state index in [1.165, 1.54) is 0 Å². The molecule has 0 spiro atoms. The van der Waals surface area contributed by atoms with E-state index in [9.17, 15) is 9.59 Å². The molecule has 3 aromatic rings. The van der Waals surface area contributed by atoms with Gasteiger partial charge in [0, 0.05) is 23.0 Å². The van der Waals surface area contributed by atoms with Gasteiger partial charge < -0.3 is 20.7 Å². The number of benzene rings is 3. The molecule has 0 aliphatic carbocycles. The molecule has 31 heavy (non-hydrogen) atoms. The van der Waals surface area contributed by atoms with Crippen molar-refractivity contribution in [1.29, 1.82) is 0 Å². The molecule has 160 valence electrons. The maximum atomic E-state index is 12.3. The second-order valence-electron chi connectivity index (χ2n) is 7.41. The molecular weight excluding hydrogens is 390 g/mol. The Kier molecular flexibility index (Phi) is 7.65. The van der Waals surface area contributed by atoms with Crippen molar-refractivity contribution in [3.8, 4) is 5.75 Å². The minimum atomic E-state index is -0.185. The molecule has 6 nitrogen and oxygen atoms in total. The summed E-state index contributed by atoms with van der Waals surface area (Å²) in [5.41, 5.74) is 3.03. The summed E-state index contributed by atoms with van der Waals surface area (Å²) in [6.45, 7) is 4.39. The monoisotopic (exact) mass is 417 g/mol. The smallest absolute Gasteiger partial charge is 0.251 e. The highest BCUT2D eigenvalue weighted by Gasteiger charge is 2.08. The van der Waals surface area contributed by atoms with E-state index < -0.39 is 0 Å². The summed E-state index contributed by atoms with van der Waals surface area (Å²) in [5, 5.41) is 8.74. The molecule has 0 bridgehead atoms. The zero-order chi connectivity index (χ0) is 22.1. The van der Waals surface area contributed by atoms with Crippen LogP contribution in [0.4, 0.5) is 11.4 Å². The number of hydrogen-bond donors (Lipinski definition) is 3. The van der Waals surface area contributed by atoms with Crippen LogP contribution in [-0.2, 0) is 11.4 Å². The van der Waals surface area contributed by atoms with Gasteiger partial charge in [-0.15, -0.1) is 0 Å². The molecule has 2 amide bonds. The molecule has 0 radical (unpaired) electrons. The number of hydrogen-bond acceptors (Lipinski definition) is 4. The third-order valence-electron chi connectivity index (χ3n) is 4.38. The van der Waals surface area contributed by atoms with Crippen molar-refractivity contribution in [2.24, 2.45) is 0 Å². The van der Waals surface area contributed by atoms with Crippen LogP contribution in [0.3, 0.4) is 0 Å². The third-order valence-corrected chi connectivity index (χ3v) is 4.38. The normalized spacial score (nSPS) is 10.4. The molecule has 0 atom stereocenters. The van der Waals surface area contributed by atoms with E-state index in [1.807, 2.05) is 62.4 Å². The van der Waals surface area contributed by atoms with Crippen molar-refractivity contribution < 1.29 is 14.3 Å². The Labute approximate surface area is 182 Å². The zero-order valence-electron chi connectivity index (χ0n) is 17.7. The fraction of sp³-hybridized carbons (Fsp3) is 0.200. The van der Waals surface area contributed by atoms with Crippen LogP contribution in [0.25, 0.3) is 0 Å². The predicted molar refractivity (Wildman–Crippen MR) is 123 cm³/mol. The van der Waals surface area contributed by atoms with Gasteiger partial charge in [-0.1, -0.05) is 36.4 Å². The molecule has 0 aliphatic heterocycles. The van der Waals surface area contributed by atoms with Crippen molar-refractivity contribution in [3.63, 3.8) is 0 Å². The quantitative estimate of drug-likeness (QED) is 0.480. The lowest BCUT2D eigenvalue weighted by Crippen LogP contribution is -2.30. The maximum Gasteiger partial charge on any atom is 0.251 e. The second-order valence-corrected chi connectivity index (χ2v) is 7.41. The fourth-order valence-corrected chi connectivity index (χ4v) is 2.88. The minimum absolute atomic E-state index is 0.0602. The van der Waals surface area contributed by atoms with E-state index in [2.05, 4.69) is 16.0 Å². The summed E-state index contributed by atoms with van der Waals surface area (Å²) in [6, 6.07) is 24.3. The van der Waals surface area contributed by atoms with E-state index >= 15 is 0 Å². The number of carbonyl (C=O) groups is 2. The van der Waals surface area contributed by atoms with Crippen molar-refractivity contribution >= 4 is 23.2 Å². The van der Waals surface area contributed by atoms with Crippen LogP contribution < -0.4 is 20.7 Å². The first-order chi connectivity index (χ1) is 15.0. The van der Waals surface area contributed by atoms with Crippen LogP contribution in [0.1, 0.15) is 29.8 Å². The van der Waals surface area contributed by atoms with E-state index in [-0.39, 0.29) is 24.4 Å². The largest absolute Gasteiger partial charge is 0.489 e. The first-order valence-corrected chi connectivity index (χ1v) is 10.2. The number of ether oxygens (including phenoxy) is 1. The third kappa shape index (κ3) is 7.19. The second kappa shape index (κ2) is 10.8. The van der Waals surface area contributed by atoms with Crippen LogP contribution in [0.15, 0.2) is 78.9 Å². The Morgan fingerprint density at radius 3 is 2.32 bits per heavy atom. The number of rotatable bonds is 9. The van der Waals surface area contributed by atoms with Gasteiger partial charge in [0.05, 0.1) is 6.54 Å². The van der Waals surface area contributed by atoms with Gasteiger partial charge in [-0.25, -0.2) is 0 Å². The first kappa shape index (κ1) is 21.9. The van der Waals surface area contributed by atoms with E-state index in [1.54, 1.807) is 30.3 Å². The molecule has 0 fully saturated rings. The molecule has 3 aromatic carbocycles. The average molecular weight is 418 g/mol. The summed E-state index contributed by atoms with van der Waals surface area (Å²) >= 11 is 0. The molecule has 0 heterocycles. The van der Waals surface area contributed by atoms with E-state index in [0.29, 0.717) is 23.5 Å². The Morgan fingerprint density at radius 1 is 0.871 bits per heavy atom. The SMILES string of the molecule is CC(C)NC(=O)c1cccc(NCC(=O)Nc2ccc(OCc3ccccc3)cc2)c1. The molecule has 0 aliphatic rings. The topological polar surface area (TPSA) is 79.5 Å². The Hall–Kier alpha value is -3.80. The summed E-state index contributed by atoms with van der Waals surface area (Å²) in [6.07, 6.45) is 0. The molecular formula is C25H27N3O3. The van der Waals surface area contributed by atoms with Gasteiger partial charge >= 0.3 is 0 Å². The lowest BCUT2D eigenvalue weighted by atomic mass is 10.1. The number of nitrogens with one attached hydrogen (secondary N) is 3. The van der Waals surface area contributed by atoms with Crippen LogP contribution in [-0.4, -0.2) is 24.4 Å². The number of amides is 2. The zero-order valence-corrected chi connectivity index (χ0v) is 17.7. The Balaban J connectivity index is 1.47. The maximum absolute atomic E-state index is 12.3. The summed E-state index contributed by atoms with van der Waals surface area (Å²) < 4.78 is 5.75. The highest BCUT2D eigenvalue weighted by Crippen LogP contribution is 2.17. The summed E-state index contributed by atoms with van der Waals surface area (Å²) in [7, 11) is 0. The molecule has 0 saturated carbocycles. The van der Waals surface area contributed by atoms with Crippen LogP contribution in [0.5, 0.6) is 5.75 Å². The highest BCUT2D eigenvalue weighted by molar-refractivity contribution is 5.96. The molecule has 0 aromatic heterocycles. The van der Waals surface area contributed by atoms with Gasteiger partial charge in [0.15, 0.2) is 0 Å². The molecule has 0 saturated heterocycles. The molecule has 3 rings (SSSR count). The minimum Gasteiger partial charge on any atom is -0.489 e. The number of carbonyl (C=O) groups excluding carboxylic acids is 2. The van der Waals surface area contributed by atoms with Gasteiger partial charge in [0.25, 0.3) is 5.91 Å². The van der Waals surface area contributed by atoms with Gasteiger partial charge in [-0.2, -0.15) is 0 Å². The van der Waals surface area contributed by atoms with E-state index in [4.69, 9.17) is 4.74 Å². The van der Waals surface area contributed by atoms with Crippen LogP contribution in [0.2, 0.25) is 0 Å². The van der Waals surface area contributed by atoms with Gasteiger partial charge in [-0.3, -0.25) is 9.59 Å². The van der Waals surface area contributed by atoms with Crippen molar-refractivity contribution in [2.75, 3.05) is 17.2 Å². The molecule has 6 heteroatoms. The van der Waals surface area contributed by atoms with Crippen LogP contribution in [0, 0.1) is 0 Å². The summed E-state index contributed by atoms with van der Waals surface area (Å²) in [5.74, 6) is 0.407. The van der Waals surface area contributed by atoms with Gasteiger partial charge in [-0.05, 0) is 61.9 Å². The van der Waals surface area contributed by atoms with E-state index in [0.717, 1.165) is 11.3 Å². The average Bonchev–Trinajstić information content (AvgIpc) is 2.78. The number of anilines is 2. The van der Waals surface area contributed by atoms with Gasteiger partial charge in [0.2, 0.25) is 5.91 Å². The van der Waals surface area contributed by atoms with Crippen molar-refractivity contribution in [1.82, 2.24) is 5.32 Å². The highest BCUT2D eigenvalue weighted by atomic mass is 16.5. The van der Waals surface area contributed by atoms with Gasteiger partial charge in [0.1, 0.15) is 12.4 Å². The first-order valence-electron chi connectivity index (χ1n) is 10.2. The fourth-order valence-electron chi connectivity index (χ4n) is 2.88. The van der Waals surface area contributed by atoms with Crippen molar-refractivity contribution in [2.45, 2.75) is 26.5 Å². The lowest BCUT2D eigenvalue weighted by molar-refractivity contribution is -0.114. The lowest BCUT2D eigenvalue weighted by Gasteiger charge is -2.11. The van der Waals surface area contributed by atoms with Crippen molar-refractivity contribution in [3.05, 3.63) is 90.0 Å². The summed E-state index contributed by atoms with van der Waals surface area (Å²) in [4.78, 5) is 24.4. The predicted octanol–water partition coefficient (Wildman–Crippen LogP) is 4.45. The standard InChI is InChI=1S/C25H27N3O3/c1-18(2)27-25(30)20-9-6-10-22(15-20)26-16-24(29)28-21-11-13-23(14-12-21)31-17-19-7-4-3-5-8-19/h3-15,18,26H,16-17H2,1-2H3,(H,27,30)(H,28,29). The Bertz CT molecular complexity index is 1000. The molecule has 0 unspecified atom stereocenters. The molecule has 3 N–H and O–H groups in total. The Morgan fingerprint density at radius 2 is 1.61 bits per heavy atom.